The molecule has 0 bridgehead atoms. The molecule has 0 aromatic heterocycles. The van der Waals surface area contributed by atoms with Crippen LogP contribution in [0.1, 0.15) is 30.6 Å². The van der Waals surface area contributed by atoms with Crippen LogP contribution in [0.2, 0.25) is 0 Å². The lowest BCUT2D eigenvalue weighted by molar-refractivity contribution is -0.361. The minimum Gasteiger partial charge on any atom is -0.508 e. The van der Waals surface area contributed by atoms with Gasteiger partial charge in [0, 0.05) is 11.8 Å². The number of hydrogen-bond donors (Lipinski definition) is 6. The van der Waals surface area contributed by atoms with Crippen molar-refractivity contribution in [3.63, 3.8) is 0 Å². The summed E-state index contributed by atoms with van der Waals surface area (Å²) in [5.41, 5.74) is -0.264. The third-order valence-corrected chi connectivity index (χ3v) is 7.12. The molecule has 1 aromatic rings. The van der Waals surface area contributed by atoms with E-state index >= 15 is 0 Å². The summed E-state index contributed by atoms with van der Waals surface area (Å²) in [5.74, 6) is -1.58. The van der Waals surface area contributed by atoms with Gasteiger partial charge in [0.25, 0.3) is 0 Å². The molecule has 3 aliphatic rings. The highest BCUT2D eigenvalue weighted by Crippen LogP contribution is 2.54. The molecule has 0 spiro atoms. The lowest BCUT2D eigenvalue weighted by Crippen LogP contribution is -2.61. The summed E-state index contributed by atoms with van der Waals surface area (Å²) in [5, 5.41) is 60.0. The summed E-state index contributed by atoms with van der Waals surface area (Å²) in [6.45, 7) is 3.13. The normalized spacial score (nSPS) is 41.6. The summed E-state index contributed by atoms with van der Waals surface area (Å²) in [7, 11) is 0. The number of phenolic OH excluding ortho intramolecular Hbond substituents is 1. The molecule has 1 aromatic carbocycles. The van der Waals surface area contributed by atoms with Crippen molar-refractivity contribution in [1.82, 2.24) is 0 Å². The number of carbonyl (C=O) groups is 1. The smallest absolute Gasteiger partial charge is 0.338 e. The Balaban J connectivity index is 1.52. The van der Waals surface area contributed by atoms with Gasteiger partial charge in [-0.1, -0.05) is 13.8 Å². The van der Waals surface area contributed by atoms with Crippen molar-refractivity contribution in [1.29, 1.82) is 0 Å². The number of benzene rings is 1. The first-order chi connectivity index (χ1) is 16.0. The van der Waals surface area contributed by atoms with Crippen LogP contribution in [0.15, 0.2) is 24.3 Å². The van der Waals surface area contributed by atoms with Gasteiger partial charge >= 0.3 is 5.97 Å². The predicted octanol–water partition coefficient (Wildman–Crippen LogP) is -0.886. The Hall–Kier alpha value is -1.83. The number of rotatable bonds is 5. The number of hydrogen-bond acceptors (Lipinski definition) is 11. The summed E-state index contributed by atoms with van der Waals surface area (Å²) in [4.78, 5) is 12.7. The number of aliphatic hydroxyl groups is 5. The van der Waals surface area contributed by atoms with Gasteiger partial charge in [-0.15, -0.1) is 0 Å². The molecule has 1 saturated carbocycles. The van der Waals surface area contributed by atoms with Crippen molar-refractivity contribution in [2.24, 2.45) is 17.3 Å². The van der Waals surface area contributed by atoms with E-state index in [1.165, 1.54) is 24.3 Å². The van der Waals surface area contributed by atoms with Crippen LogP contribution < -0.4 is 0 Å². The quantitative estimate of drug-likeness (QED) is 0.286. The van der Waals surface area contributed by atoms with Crippen LogP contribution in [0.25, 0.3) is 0 Å². The Morgan fingerprint density at radius 3 is 2.38 bits per heavy atom. The molecule has 2 aliphatic heterocycles. The molecule has 3 fully saturated rings. The molecule has 4 rings (SSSR count). The van der Waals surface area contributed by atoms with E-state index in [0.29, 0.717) is 6.42 Å². The van der Waals surface area contributed by atoms with Crippen LogP contribution in [-0.2, 0) is 18.9 Å². The highest BCUT2D eigenvalue weighted by molar-refractivity contribution is 5.89. The molecule has 11 nitrogen and oxygen atoms in total. The standard InChI is InChI=1S/C23H32O11/c1-23(2)7-13(32-20(30)10-3-5-11(25)6-4-10)15-12(26)9-31-21(16(15)23)34-22-19(29)18(28)17(27)14(8-24)33-22/h3-6,12-19,21-22,24-29H,7-9H2,1-2H3/t12-,13+,14+,15-,16+,17+,18-,19+,21-,22-/m0/s1. The largest absolute Gasteiger partial charge is 0.508 e. The molecular formula is C23H32O11. The number of aliphatic hydroxyl groups excluding tert-OH is 5. The molecule has 6 N–H and O–H groups in total. The van der Waals surface area contributed by atoms with Crippen molar-refractivity contribution in [2.45, 2.75) is 69.5 Å². The topological polar surface area (TPSA) is 175 Å². The maximum absolute atomic E-state index is 12.7. The number of esters is 1. The minimum absolute atomic E-state index is 0.0200. The zero-order valence-corrected chi connectivity index (χ0v) is 18.9. The van der Waals surface area contributed by atoms with Crippen LogP contribution in [-0.4, -0.2) is 99.0 Å². The van der Waals surface area contributed by atoms with Gasteiger partial charge in [-0.3, -0.25) is 0 Å². The van der Waals surface area contributed by atoms with Gasteiger partial charge in [-0.25, -0.2) is 4.79 Å². The summed E-state index contributed by atoms with van der Waals surface area (Å²) in [6.07, 6.45) is -9.43. The Kier molecular flexibility index (Phi) is 7.19. The third-order valence-electron chi connectivity index (χ3n) is 7.12. The molecule has 0 unspecified atom stereocenters. The van der Waals surface area contributed by atoms with E-state index in [4.69, 9.17) is 18.9 Å². The van der Waals surface area contributed by atoms with Gasteiger partial charge in [0.2, 0.25) is 0 Å². The maximum Gasteiger partial charge on any atom is 0.338 e. The number of ether oxygens (including phenoxy) is 4. The summed E-state index contributed by atoms with van der Waals surface area (Å²) in [6, 6.07) is 5.65. The van der Waals surface area contributed by atoms with Crippen molar-refractivity contribution in [3.05, 3.63) is 29.8 Å². The van der Waals surface area contributed by atoms with Gasteiger partial charge in [-0.05, 0) is 36.1 Å². The van der Waals surface area contributed by atoms with Crippen molar-refractivity contribution in [3.8, 4) is 5.75 Å². The molecule has 0 radical (unpaired) electrons. The SMILES string of the molecule is CC1(C)C[C@@H](OC(=O)c2ccc(O)cc2)[C@H]2[C@@H]1[C@H](O[C@@H]1O[C@H](CO)[C@@H](O)[C@H](O)[C@H]1O)OC[C@@H]2O. The Morgan fingerprint density at radius 2 is 1.74 bits per heavy atom. The average Bonchev–Trinajstić information content (AvgIpc) is 3.07. The summed E-state index contributed by atoms with van der Waals surface area (Å²) < 4.78 is 22.8. The summed E-state index contributed by atoms with van der Waals surface area (Å²) >= 11 is 0. The first-order valence-electron chi connectivity index (χ1n) is 11.3. The predicted molar refractivity (Wildman–Crippen MR) is 113 cm³/mol. The van der Waals surface area contributed by atoms with E-state index < -0.39 is 79.0 Å². The molecule has 11 heteroatoms. The van der Waals surface area contributed by atoms with Crippen molar-refractivity contribution >= 4 is 5.97 Å². The van der Waals surface area contributed by atoms with E-state index in [0.717, 1.165) is 0 Å². The van der Waals surface area contributed by atoms with Crippen molar-refractivity contribution in [2.75, 3.05) is 13.2 Å². The molecule has 10 atom stereocenters. The molecular weight excluding hydrogens is 452 g/mol. The van der Waals surface area contributed by atoms with Crippen LogP contribution in [0.3, 0.4) is 0 Å². The number of phenols is 1. The second kappa shape index (κ2) is 9.67. The fourth-order valence-corrected chi connectivity index (χ4v) is 5.35. The van der Waals surface area contributed by atoms with E-state index in [9.17, 15) is 35.4 Å². The van der Waals surface area contributed by atoms with Crippen LogP contribution in [0.5, 0.6) is 5.75 Å². The number of fused-ring (bicyclic) bond motifs is 1. The lowest BCUT2D eigenvalue weighted by atomic mass is 9.75. The van der Waals surface area contributed by atoms with Gasteiger partial charge in [0.15, 0.2) is 12.6 Å². The van der Waals surface area contributed by atoms with Crippen molar-refractivity contribution < 1.29 is 54.4 Å². The van der Waals surface area contributed by atoms with E-state index in [1.807, 2.05) is 13.8 Å². The first-order valence-corrected chi connectivity index (χ1v) is 11.3. The second-order valence-electron chi connectivity index (χ2n) is 9.89. The monoisotopic (exact) mass is 484 g/mol. The number of aromatic hydroxyl groups is 1. The van der Waals surface area contributed by atoms with Crippen LogP contribution >= 0.6 is 0 Å². The number of carbonyl (C=O) groups excluding carboxylic acids is 1. The average molecular weight is 484 g/mol. The zero-order valence-electron chi connectivity index (χ0n) is 18.9. The fraction of sp³-hybridized carbons (Fsp3) is 0.696. The molecule has 2 heterocycles. The molecule has 1 aliphatic carbocycles. The van der Waals surface area contributed by atoms with E-state index in [2.05, 4.69) is 0 Å². The second-order valence-corrected chi connectivity index (χ2v) is 9.89. The van der Waals surface area contributed by atoms with Gasteiger partial charge in [-0.2, -0.15) is 0 Å². The maximum atomic E-state index is 12.7. The molecule has 0 amide bonds. The van der Waals surface area contributed by atoms with E-state index in [1.54, 1.807) is 0 Å². The molecule has 34 heavy (non-hydrogen) atoms. The zero-order chi connectivity index (χ0) is 24.8. The van der Waals surface area contributed by atoms with Crippen LogP contribution in [0.4, 0.5) is 0 Å². The van der Waals surface area contributed by atoms with Gasteiger partial charge < -0.3 is 49.6 Å². The van der Waals surface area contributed by atoms with Gasteiger partial charge in [0.1, 0.15) is 36.3 Å². The first kappa shape index (κ1) is 25.3. The molecule has 2 saturated heterocycles. The Bertz CT molecular complexity index is 857. The fourth-order valence-electron chi connectivity index (χ4n) is 5.35. The Morgan fingerprint density at radius 1 is 1.06 bits per heavy atom. The lowest BCUT2D eigenvalue weighted by Gasteiger charge is -2.46. The highest BCUT2D eigenvalue weighted by atomic mass is 16.8. The third kappa shape index (κ3) is 4.67. The highest BCUT2D eigenvalue weighted by Gasteiger charge is 2.59. The van der Waals surface area contributed by atoms with Crippen LogP contribution in [0, 0.1) is 17.3 Å². The Labute approximate surface area is 196 Å². The minimum atomic E-state index is -1.60. The van der Waals surface area contributed by atoms with Gasteiger partial charge in [0.05, 0.1) is 24.9 Å². The molecule has 190 valence electrons. The van der Waals surface area contributed by atoms with E-state index in [-0.39, 0.29) is 17.9 Å².